The normalized spacial score (nSPS) is 14.9. The number of hydroxylamine groups is 1. The SMILES string of the molecule is CC(C)[C@H](NCc1cc(-c2ccc([N+](=O)[O-])cc2)oc1/C=N/N1CC(=O)NC1=O)C(=O)O.CC(C)[C@H](NO)C(=O)C(=O)[C@@H](NCc1cc(-c2ccc([N+](=O)[O-])cc2)oc1/C=N/N1CC(=O)NC1=O)C(C)C.CCc1cc(-c2ccc([N+](=O)[O-])cc2)oc1/C=N/N1CC(=O)NC1=O. The molecular weight excluding hydrogens is 1260 g/mol. The van der Waals surface area contributed by atoms with Crippen LogP contribution in [0.1, 0.15) is 82.4 Å². The lowest BCUT2D eigenvalue weighted by molar-refractivity contribution is -0.385. The quantitative estimate of drug-likeness (QED) is 0.00930. The van der Waals surface area contributed by atoms with Crippen molar-refractivity contribution in [3.8, 4) is 34.0 Å². The van der Waals surface area contributed by atoms with Crippen LogP contribution in [0.5, 0.6) is 0 Å². The maximum atomic E-state index is 13.0. The number of carboxylic acids is 1. The number of aliphatic carboxylic acids is 1. The number of furan rings is 3. The number of urea groups is 3. The molecule has 3 aromatic carbocycles. The number of nitrogens with one attached hydrogen (secondary N) is 6. The van der Waals surface area contributed by atoms with E-state index in [0.29, 0.717) is 57.3 Å². The molecule has 0 saturated carbocycles. The molecule has 0 spiro atoms. The maximum Gasteiger partial charge on any atom is 0.344 e. The number of non-ortho nitro benzene ring substituents is 3. The van der Waals surface area contributed by atoms with Crippen molar-refractivity contribution in [1.82, 2.24) is 47.1 Å². The minimum Gasteiger partial charge on any atom is -0.480 e. The maximum absolute atomic E-state index is 13.0. The van der Waals surface area contributed by atoms with Gasteiger partial charge < -0.3 is 28.9 Å². The second kappa shape index (κ2) is 32.2. The van der Waals surface area contributed by atoms with E-state index in [1.54, 1.807) is 65.8 Å². The number of imide groups is 3. The Balaban J connectivity index is 0.000000208. The van der Waals surface area contributed by atoms with Crippen LogP contribution in [0.4, 0.5) is 31.4 Å². The topological polar surface area (TPSA) is 482 Å². The van der Waals surface area contributed by atoms with Gasteiger partial charge in [-0.2, -0.15) is 20.8 Å². The Kier molecular flexibility index (Phi) is 24.0. The number of ketones is 2. The molecule has 0 unspecified atom stereocenters. The Morgan fingerprint density at radius 2 is 0.802 bits per heavy atom. The van der Waals surface area contributed by atoms with Crippen LogP contribution in [0.2, 0.25) is 0 Å². The first-order chi connectivity index (χ1) is 45.5. The van der Waals surface area contributed by atoms with Gasteiger partial charge in [0.15, 0.2) is 17.3 Å². The minimum absolute atomic E-state index is 0.00230. The number of nitro groups is 3. The lowest BCUT2D eigenvalue weighted by Gasteiger charge is -2.24. The highest BCUT2D eigenvalue weighted by molar-refractivity contribution is 6.41. The number of rotatable bonds is 27. The Bertz CT molecular complexity index is 4040. The molecular formula is C61H65N15O20. The van der Waals surface area contributed by atoms with Gasteiger partial charge in [-0.05, 0) is 84.3 Å². The van der Waals surface area contributed by atoms with Gasteiger partial charge in [-0.1, -0.05) is 48.5 Å². The average Bonchev–Trinajstić information content (AvgIpc) is 1.68. The van der Waals surface area contributed by atoms with Gasteiger partial charge in [0.1, 0.15) is 49.0 Å². The van der Waals surface area contributed by atoms with Crippen molar-refractivity contribution in [2.45, 2.75) is 86.1 Å². The fourth-order valence-electron chi connectivity index (χ4n) is 9.31. The molecule has 0 radical (unpaired) electrons. The Morgan fingerprint density at radius 3 is 1.06 bits per heavy atom. The van der Waals surface area contributed by atoms with E-state index in [2.05, 4.69) is 41.9 Å². The molecule has 6 heterocycles. The van der Waals surface area contributed by atoms with E-state index in [4.69, 9.17) is 13.3 Å². The Labute approximate surface area is 544 Å². The molecule has 6 aromatic rings. The monoisotopic (exact) mass is 1330 g/mol. The van der Waals surface area contributed by atoms with Gasteiger partial charge in [0.25, 0.3) is 17.1 Å². The van der Waals surface area contributed by atoms with E-state index in [0.717, 1.165) is 20.6 Å². The molecule has 3 aliphatic heterocycles. The van der Waals surface area contributed by atoms with Gasteiger partial charge >= 0.3 is 24.1 Å². The van der Waals surface area contributed by atoms with Crippen LogP contribution in [-0.2, 0) is 48.3 Å². The minimum atomic E-state index is -1.06. The smallest absolute Gasteiger partial charge is 0.344 e. The van der Waals surface area contributed by atoms with E-state index in [1.807, 2.05) is 18.5 Å². The predicted octanol–water partition coefficient (Wildman–Crippen LogP) is 6.24. The van der Waals surface area contributed by atoms with Crippen LogP contribution >= 0.6 is 0 Å². The third-order valence-corrected chi connectivity index (χ3v) is 14.5. The summed E-state index contributed by atoms with van der Waals surface area (Å²) >= 11 is 0. The number of carboxylic acid groups (broad SMARTS) is 1. The zero-order valence-electron chi connectivity index (χ0n) is 52.4. The van der Waals surface area contributed by atoms with Crippen LogP contribution in [0, 0.1) is 48.1 Å². The van der Waals surface area contributed by atoms with Crippen molar-refractivity contribution in [1.29, 1.82) is 0 Å². The number of hydrogen-bond donors (Lipinski definition) is 8. The van der Waals surface area contributed by atoms with E-state index in [9.17, 15) is 83.8 Å². The fraction of sp³-hybridized carbons (Fsp3) is 0.311. The third-order valence-electron chi connectivity index (χ3n) is 14.5. The van der Waals surface area contributed by atoms with E-state index in [-0.39, 0.29) is 79.1 Å². The standard InChI is InChI=1S/C25H30N6O8.C20H21N5O7.C16H14N4O5/c1-13(2)21(23(33)24(34)22(29-36)14(3)4)26-10-16-9-18(15-5-7-17(8-6-15)31(37)38)39-19(16)11-27-30-12-20(32)28-25(30)35;1-11(2)18(19(27)28)21-8-13-7-15(12-3-5-14(6-4-12)25(30)31)32-16(13)9-22-24-10-17(26)23-20(24)29;1-2-10-7-13(11-3-5-12(6-4-11)20(23)24)25-14(10)8-17-19-9-15(21)18-16(19)22/h5-9,11,13-14,21-22,26,29,36H,10,12H2,1-4H3,(H,28,32,35);3-7,9,11,18,21H,8,10H2,1-2H3,(H,27,28)(H,23,26,29);3-8H,2,9H2,1H3,(H,18,21,22)/b27-11+;22-9+;17-8+/t21-,22-;18-;/m00./s1. The summed E-state index contributed by atoms with van der Waals surface area (Å²) in [6, 6.07) is 17.8. The Morgan fingerprint density at radius 1 is 0.510 bits per heavy atom. The number of aryl methyl sites for hydroxylation is 1. The largest absolute Gasteiger partial charge is 0.480 e. The van der Waals surface area contributed by atoms with Crippen molar-refractivity contribution in [2.75, 3.05) is 19.6 Å². The highest BCUT2D eigenvalue weighted by Crippen LogP contribution is 2.31. The summed E-state index contributed by atoms with van der Waals surface area (Å²) in [6.45, 7) is 12.0. The number of benzene rings is 3. The summed E-state index contributed by atoms with van der Waals surface area (Å²) in [4.78, 5) is 137. The summed E-state index contributed by atoms with van der Waals surface area (Å²) in [5, 5.41) is 78.5. The summed E-state index contributed by atoms with van der Waals surface area (Å²) in [5.74, 6) is -2.52. The van der Waals surface area contributed by atoms with Crippen molar-refractivity contribution in [3.63, 3.8) is 0 Å². The van der Waals surface area contributed by atoms with Gasteiger partial charge in [-0.15, -0.1) is 0 Å². The molecule has 3 fully saturated rings. The van der Waals surface area contributed by atoms with E-state index >= 15 is 0 Å². The first-order valence-electron chi connectivity index (χ1n) is 29.3. The van der Waals surface area contributed by atoms with E-state index < -0.39 is 86.2 Å². The molecule has 35 heteroatoms. The second-order valence-corrected chi connectivity index (χ2v) is 22.4. The second-order valence-electron chi connectivity index (χ2n) is 22.4. The van der Waals surface area contributed by atoms with Gasteiger partial charge in [-0.25, -0.2) is 29.4 Å². The molecule has 3 atom stereocenters. The van der Waals surface area contributed by atoms with Gasteiger partial charge in [0.05, 0.1) is 39.5 Å². The van der Waals surface area contributed by atoms with Crippen molar-refractivity contribution >= 4 is 89.1 Å². The lowest BCUT2D eigenvalue weighted by atomic mass is 9.90. The average molecular weight is 1330 g/mol. The first-order valence-corrected chi connectivity index (χ1v) is 29.3. The van der Waals surface area contributed by atoms with Crippen LogP contribution in [0.15, 0.2) is 120 Å². The van der Waals surface area contributed by atoms with Gasteiger partial charge in [0.2, 0.25) is 29.3 Å². The number of carbonyl (C=O) groups is 9. The summed E-state index contributed by atoms with van der Waals surface area (Å²) in [5.41, 5.74) is 5.43. The number of hydrazone groups is 3. The third kappa shape index (κ3) is 18.5. The zero-order valence-corrected chi connectivity index (χ0v) is 52.4. The highest BCUT2D eigenvalue weighted by Gasteiger charge is 2.35. The van der Waals surface area contributed by atoms with Crippen LogP contribution in [0.25, 0.3) is 34.0 Å². The zero-order chi connectivity index (χ0) is 70.2. The molecule has 504 valence electrons. The fourth-order valence-corrected chi connectivity index (χ4v) is 9.31. The van der Waals surface area contributed by atoms with Gasteiger partial charge in [0, 0.05) is 77.3 Å². The molecule has 0 bridgehead atoms. The summed E-state index contributed by atoms with van der Waals surface area (Å²) < 4.78 is 17.5. The summed E-state index contributed by atoms with van der Waals surface area (Å²) in [6.07, 6.45) is 4.55. The highest BCUT2D eigenvalue weighted by atomic mass is 16.6. The Hall–Kier alpha value is -11.8. The number of amides is 9. The van der Waals surface area contributed by atoms with Crippen molar-refractivity contribution in [2.24, 2.45) is 33.1 Å². The molecule has 9 rings (SSSR count). The number of nitrogens with zero attached hydrogens (tertiary/aromatic N) is 9. The molecule has 3 saturated heterocycles. The van der Waals surface area contributed by atoms with Crippen molar-refractivity contribution in [3.05, 3.63) is 155 Å². The molecule has 3 aromatic heterocycles. The number of carbonyl (C=O) groups excluding carboxylic acids is 8. The van der Waals surface area contributed by atoms with Crippen molar-refractivity contribution < 1.29 is 81.5 Å². The molecule has 0 aliphatic carbocycles. The molecule has 8 N–H and O–H groups in total. The first kappa shape index (κ1) is 71.6. The number of hydrogen-bond acceptors (Lipinski definition) is 25. The van der Waals surface area contributed by atoms with E-state index in [1.165, 1.54) is 79.3 Å². The molecule has 9 amide bonds. The van der Waals surface area contributed by atoms with Crippen LogP contribution in [-0.4, -0.2) is 150 Å². The number of Topliss-reactive ketones (excluding diaryl/α,β-unsaturated/α-hetero) is 2. The molecule has 35 nitrogen and oxygen atoms in total. The molecule has 3 aliphatic rings. The number of nitro benzene ring substituents is 3. The summed E-state index contributed by atoms with van der Waals surface area (Å²) in [7, 11) is 0. The molecule has 96 heavy (non-hydrogen) atoms. The lowest BCUT2D eigenvalue weighted by Crippen LogP contribution is -2.51. The van der Waals surface area contributed by atoms with Gasteiger partial charge in [-0.3, -0.25) is 80.4 Å². The van der Waals surface area contributed by atoms with Crippen LogP contribution in [0.3, 0.4) is 0 Å². The predicted molar refractivity (Wildman–Crippen MR) is 337 cm³/mol. The van der Waals surface area contributed by atoms with Crippen LogP contribution < -0.4 is 32.1 Å².